The normalized spacial score (nSPS) is 9.73. The quantitative estimate of drug-likeness (QED) is 0.433. The van der Waals surface area contributed by atoms with Gasteiger partial charge in [-0.15, -0.1) is 5.73 Å². The summed E-state index contributed by atoms with van der Waals surface area (Å²) >= 11 is 0. The van der Waals surface area contributed by atoms with Crippen LogP contribution in [0.4, 0.5) is 0 Å². The lowest BCUT2D eigenvalue weighted by molar-refractivity contribution is -0.133. The molecule has 0 aromatic carbocycles. The Morgan fingerprint density at radius 1 is 1.36 bits per heavy atom. The summed E-state index contributed by atoms with van der Waals surface area (Å²) < 4.78 is 10.5. The van der Waals surface area contributed by atoms with Gasteiger partial charge in [0, 0.05) is 19.6 Å². The van der Waals surface area contributed by atoms with Gasteiger partial charge in [0.1, 0.15) is 0 Å². The van der Waals surface area contributed by atoms with Crippen LogP contribution in [0, 0.1) is 0 Å². The highest BCUT2D eigenvalue weighted by atomic mass is 16.7. The molecule has 0 N–H and O–H groups in total. The van der Waals surface area contributed by atoms with E-state index in [4.69, 9.17) is 9.47 Å². The molecule has 64 valence electrons. The van der Waals surface area contributed by atoms with Crippen molar-refractivity contribution in [3.8, 4) is 0 Å². The second-order valence-corrected chi connectivity index (χ2v) is 1.98. The zero-order chi connectivity index (χ0) is 8.53. The fourth-order valence-electron chi connectivity index (χ4n) is 0.736. The lowest BCUT2D eigenvalue weighted by Gasteiger charge is -2.13. The van der Waals surface area contributed by atoms with Gasteiger partial charge in [0.2, 0.25) is 0 Å². The van der Waals surface area contributed by atoms with Crippen LogP contribution in [-0.4, -0.2) is 19.5 Å². The number of hydrogen-bond donors (Lipinski definition) is 0. The Balaban J connectivity index is 3.58. The molecule has 0 bridgehead atoms. The minimum absolute atomic E-state index is 0.126. The van der Waals surface area contributed by atoms with E-state index in [0.29, 0.717) is 13.2 Å². The summed E-state index contributed by atoms with van der Waals surface area (Å²) in [7, 11) is 0. The Morgan fingerprint density at radius 3 is 2.27 bits per heavy atom. The third-order valence-corrected chi connectivity index (χ3v) is 1.16. The molecule has 0 unspecified atom stereocenters. The highest BCUT2D eigenvalue weighted by Gasteiger charge is 2.03. The maximum absolute atomic E-state index is 5.26. The molecule has 0 fully saturated rings. The summed E-state index contributed by atoms with van der Waals surface area (Å²) in [6.45, 7) is 8.71. The highest BCUT2D eigenvalue weighted by Crippen LogP contribution is 2.00. The van der Waals surface area contributed by atoms with Crippen LogP contribution in [-0.2, 0) is 9.47 Å². The van der Waals surface area contributed by atoms with E-state index in [0.717, 1.165) is 6.42 Å². The maximum Gasteiger partial charge on any atom is 0.161 e. The van der Waals surface area contributed by atoms with E-state index in [9.17, 15) is 0 Å². The lowest BCUT2D eigenvalue weighted by atomic mass is 10.4. The second-order valence-electron chi connectivity index (χ2n) is 1.98. The molecule has 0 saturated carbocycles. The molecule has 0 saturated heterocycles. The van der Waals surface area contributed by atoms with Crippen molar-refractivity contribution in [1.29, 1.82) is 0 Å². The monoisotopic (exact) mass is 156 g/mol. The van der Waals surface area contributed by atoms with Crippen molar-refractivity contribution in [3.05, 3.63) is 18.4 Å². The van der Waals surface area contributed by atoms with Crippen molar-refractivity contribution in [2.45, 2.75) is 26.6 Å². The molecule has 0 atom stereocenters. The van der Waals surface area contributed by atoms with Crippen LogP contribution in [0.25, 0.3) is 0 Å². The van der Waals surface area contributed by atoms with Crippen molar-refractivity contribution in [1.82, 2.24) is 0 Å². The lowest BCUT2D eigenvalue weighted by Crippen LogP contribution is -2.15. The van der Waals surface area contributed by atoms with Crippen molar-refractivity contribution in [2.24, 2.45) is 0 Å². The van der Waals surface area contributed by atoms with Gasteiger partial charge >= 0.3 is 0 Å². The molecule has 0 aromatic rings. The standard InChI is InChI=1S/C9H16O2/c1-4-7-8-9(10-5-2)11-6-3/h7,9H,1,5-6,8H2,2-3H3. The zero-order valence-electron chi connectivity index (χ0n) is 7.30. The molecule has 0 radical (unpaired) electrons. The third-order valence-electron chi connectivity index (χ3n) is 1.16. The molecule has 0 aliphatic carbocycles. The van der Waals surface area contributed by atoms with E-state index in [2.05, 4.69) is 12.3 Å². The van der Waals surface area contributed by atoms with E-state index in [1.165, 1.54) is 0 Å². The Bertz CT molecular complexity index is 120. The smallest absolute Gasteiger partial charge is 0.161 e. The minimum atomic E-state index is -0.126. The molecule has 2 nitrogen and oxygen atoms in total. The van der Waals surface area contributed by atoms with Gasteiger partial charge in [-0.05, 0) is 19.9 Å². The van der Waals surface area contributed by atoms with Gasteiger partial charge in [0.15, 0.2) is 6.29 Å². The first-order valence-electron chi connectivity index (χ1n) is 3.92. The molecule has 0 rings (SSSR count). The summed E-state index contributed by atoms with van der Waals surface area (Å²) in [4.78, 5) is 0. The largest absolute Gasteiger partial charge is 0.353 e. The van der Waals surface area contributed by atoms with Crippen molar-refractivity contribution in [3.63, 3.8) is 0 Å². The maximum atomic E-state index is 5.26. The Hall–Kier alpha value is -0.560. The fourth-order valence-corrected chi connectivity index (χ4v) is 0.736. The van der Waals surface area contributed by atoms with Crippen molar-refractivity contribution < 1.29 is 9.47 Å². The first-order chi connectivity index (χ1) is 5.35. The molecule has 0 aliphatic heterocycles. The Labute approximate surface area is 68.5 Å². The minimum Gasteiger partial charge on any atom is -0.353 e. The summed E-state index contributed by atoms with van der Waals surface area (Å²) in [5, 5.41) is 0. The fraction of sp³-hybridized carbons (Fsp3) is 0.667. The summed E-state index contributed by atoms with van der Waals surface area (Å²) in [6, 6.07) is 0. The van der Waals surface area contributed by atoms with Gasteiger partial charge in [-0.3, -0.25) is 0 Å². The van der Waals surface area contributed by atoms with Gasteiger partial charge in [-0.2, -0.15) is 0 Å². The van der Waals surface area contributed by atoms with E-state index in [1.807, 2.05) is 19.9 Å². The van der Waals surface area contributed by atoms with Crippen LogP contribution >= 0.6 is 0 Å². The molecule has 0 aliphatic rings. The van der Waals surface area contributed by atoms with Gasteiger partial charge < -0.3 is 9.47 Å². The van der Waals surface area contributed by atoms with Crippen LogP contribution in [0.2, 0.25) is 0 Å². The molecular weight excluding hydrogens is 140 g/mol. The number of hydrogen-bond acceptors (Lipinski definition) is 2. The average molecular weight is 156 g/mol. The Morgan fingerprint density at radius 2 is 1.91 bits per heavy atom. The SMILES string of the molecule is C=C=CCC(OCC)OCC. The van der Waals surface area contributed by atoms with Gasteiger partial charge in [0.05, 0.1) is 0 Å². The van der Waals surface area contributed by atoms with Crippen LogP contribution in [0.3, 0.4) is 0 Å². The van der Waals surface area contributed by atoms with E-state index in [-0.39, 0.29) is 6.29 Å². The van der Waals surface area contributed by atoms with Gasteiger partial charge in [-0.25, -0.2) is 0 Å². The van der Waals surface area contributed by atoms with Crippen LogP contribution in [0.15, 0.2) is 18.4 Å². The summed E-state index contributed by atoms with van der Waals surface area (Å²) in [5.41, 5.74) is 2.68. The number of rotatable bonds is 6. The summed E-state index contributed by atoms with van der Waals surface area (Å²) in [6.07, 6.45) is 2.42. The van der Waals surface area contributed by atoms with Crippen LogP contribution in [0.5, 0.6) is 0 Å². The highest BCUT2D eigenvalue weighted by molar-refractivity contribution is 4.76. The number of ether oxygens (including phenoxy) is 2. The topological polar surface area (TPSA) is 18.5 Å². The van der Waals surface area contributed by atoms with Crippen molar-refractivity contribution in [2.75, 3.05) is 13.2 Å². The second kappa shape index (κ2) is 7.55. The molecular formula is C9H16O2. The zero-order valence-corrected chi connectivity index (χ0v) is 7.30. The van der Waals surface area contributed by atoms with E-state index in [1.54, 1.807) is 0 Å². The van der Waals surface area contributed by atoms with Gasteiger partial charge in [0.25, 0.3) is 0 Å². The predicted molar refractivity (Wildman–Crippen MR) is 45.4 cm³/mol. The first kappa shape index (κ1) is 10.4. The first-order valence-corrected chi connectivity index (χ1v) is 3.92. The van der Waals surface area contributed by atoms with Crippen LogP contribution in [0.1, 0.15) is 20.3 Å². The molecule has 0 amide bonds. The van der Waals surface area contributed by atoms with Crippen molar-refractivity contribution >= 4 is 0 Å². The third kappa shape index (κ3) is 5.86. The molecule has 0 heterocycles. The molecule has 0 aromatic heterocycles. The average Bonchev–Trinajstić information content (AvgIpc) is 2.01. The summed E-state index contributed by atoms with van der Waals surface area (Å²) in [5.74, 6) is 0. The molecule has 0 spiro atoms. The van der Waals surface area contributed by atoms with Crippen LogP contribution < -0.4 is 0 Å². The van der Waals surface area contributed by atoms with E-state index < -0.39 is 0 Å². The predicted octanol–water partition coefficient (Wildman–Crippen LogP) is 2.12. The Kier molecular flexibility index (Phi) is 7.16. The van der Waals surface area contributed by atoms with E-state index >= 15 is 0 Å². The van der Waals surface area contributed by atoms with Gasteiger partial charge in [-0.1, -0.05) is 6.58 Å². The molecule has 11 heavy (non-hydrogen) atoms. The molecule has 2 heteroatoms.